The van der Waals surface area contributed by atoms with Gasteiger partial charge in [0.2, 0.25) is 0 Å². The first kappa shape index (κ1) is 12.9. The molecule has 0 saturated carbocycles. The van der Waals surface area contributed by atoms with Gasteiger partial charge in [0.15, 0.2) is 0 Å². The van der Waals surface area contributed by atoms with Gasteiger partial charge in [-0.2, -0.15) is 0 Å². The molecule has 0 N–H and O–H groups in total. The van der Waals surface area contributed by atoms with Crippen LogP contribution in [0.2, 0.25) is 0 Å². The van der Waals surface area contributed by atoms with Crippen LogP contribution >= 0.6 is 0 Å². The molecule has 94 valence electrons. The molecule has 3 unspecified atom stereocenters. The molecular formula is C9H13BN6O2. The fourth-order valence-electron chi connectivity index (χ4n) is 1.86. The molecule has 3 atom stereocenters. The van der Waals surface area contributed by atoms with Gasteiger partial charge in [0, 0.05) is 18.0 Å². The monoisotopic (exact) mass is 248 g/mol. The van der Waals surface area contributed by atoms with Crippen LogP contribution in [0.5, 0.6) is 0 Å². The van der Waals surface area contributed by atoms with Crippen LogP contribution < -0.4 is 0 Å². The lowest BCUT2D eigenvalue weighted by molar-refractivity contribution is -0.0170. The normalized spacial score (nSPS) is 27.1. The molecule has 0 bridgehead atoms. The third kappa shape index (κ3) is 3.22. The molecule has 8 nitrogen and oxygen atoms in total. The van der Waals surface area contributed by atoms with E-state index in [2.05, 4.69) is 20.3 Å². The van der Waals surface area contributed by atoms with Crippen molar-refractivity contribution in [1.29, 1.82) is 0 Å². The highest BCUT2D eigenvalue weighted by molar-refractivity contribution is 6.11. The van der Waals surface area contributed by atoms with E-state index < -0.39 is 0 Å². The van der Waals surface area contributed by atoms with Gasteiger partial charge < -0.3 is 9.47 Å². The van der Waals surface area contributed by atoms with Crippen molar-refractivity contribution >= 4 is 7.85 Å². The number of aromatic nitrogens is 3. The molecule has 0 spiro atoms. The zero-order valence-corrected chi connectivity index (χ0v) is 10.0. The van der Waals surface area contributed by atoms with Gasteiger partial charge in [-0.15, -0.1) is 5.10 Å². The quantitative estimate of drug-likeness (QED) is 0.323. The van der Waals surface area contributed by atoms with Crippen LogP contribution in [-0.2, 0) is 23.1 Å². The Labute approximate surface area is 105 Å². The second-order valence-corrected chi connectivity index (χ2v) is 4.10. The molecule has 18 heavy (non-hydrogen) atoms. The van der Waals surface area contributed by atoms with E-state index in [4.69, 9.17) is 22.9 Å². The summed E-state index contributed by atoms with van der Waals surface area (Å²) in [5, 5.41) is 11.2. The summed E-state index contributed by atoms with van der Waals surface area (Å²) in [7, 11) is 7.48. The molecule has 1 aliphatic heterocycles. The van der Waals surface area contributed by atoms with Gasteiger partial charge >= 0.3 is 0 Å². The van der Waals surface area contributed by atoms with Crippen molar-refractivity contribution in [3.63, 3.8) is 0 Å². The molecule has 0 aliphatic carbocycles. The Hall–Kier alpha value is -1.57. The number of rotatable bonds is 5. The SMILES string of the molecule is [B]C1CC(OCc2cn(C)nn2)C(CN=[N+]=[N-])O1. The number of hydrogen-bond donors (Lipinski definition) is 0. The molecule has 9 heteroatoms. The first-order valence-corrected chi connectivity index (χ1v) is 5.57. The molecule has 2 heterocycles. The molecule has 0 aromatic carbocycles. The molecule has 1 aliphatic rings. The van der Waals surface area contributed by atoms with Crippen molar-refractivity contribution in [2.75, 3.05) is 6.54 Å². The van der Waals surface area contributed by atoms with Crippen molar-refractivity contribution in [1.82, 2.24) is 15.0 Å². The summed E-state index contributed by atoms with van der Waals surface area (Å²) in [5.74, 6) is 0. The average Bonchev–Trinajstić information content (AvgIpc) is 2.90. The van der Waals surface area contributed by atoms with Gasteiger partial charge in [0.05, 0.1) is 31.6 Å². The highest BCUT2D eigenvalue weighted by Crippen LogP contribution is 2.22. The fraction of sp³-hybridized carbons (Fsp3) is 0.778. The van der Waals surface area contributed by atoms with Gasteiger partial charge in [-0.05, 0) is 12.0 Å². The Kier molecular flexibility index (Phi) is 4.19. The average molecular weight is 248 g/mol. The van der Waals surface area contributed by atoms with E-state index in [1.165, 1.54) is 0 Å². The van der Waals surface area contributed by atoms with Crippen molar-refractivity contribution in [2.45, 2.75) is 31.2 Å². The number of ether oxygens (including phenoxy) is 2. The zero-order chi connectivity index (χ0) is 13.0. The van der Waals surface area contributed by atoms with Crippen LogP contribution in [0.3, 0.4) is 0 Å². The minimum atomic E-state index is -0.379. The van der Waals surface area contributed by atoms with E-state index in [0.717, 1.165) is 5.69 Å². The van der Waals surface area contributed by atoms with Crippen LogP contribution in [0.1, 0.15) is 12.1 Å². The first-order chi connectivity index (χ1) is 8.69. The summed E-state index contributed by atoms with van der Waals surface area (Å²) in [5.41, 5.74) is 9.04. The standard InChI is InChI=1S/C9H13BN6O2/c1-16-4-6(13-15-16)5-17-7-2-9(10)18-8(7)3-12-14-11/h4,7-9H,2-3,5H2,1H3. The summed E-state index contributed by atoms with van der Waals surface area (Å²) < 4.78 is 12.7. The van der Waals surface area contributed by atoms with E-state index in [9.17, 15) is 0 Å². The molecular weight excluding hydrogens is 235 g/mol. The summed E-state index contributed by atoms with van der Waals surface area (Å²) >= 11 is 0. The second kappa shape index (κ2) is 5.86. The van der Waals surface area contributed by atoms with Crippen molar-refractivity contribution < 1.29 is 9.47 Å². The van der Waals surface area contributed by atoms with E-state index >= 15 is 0 Å². The molecule has 2 radical (unpaired) electrons. The second-order valence-electron chi connectivity index (χ2n) is 4.10. The maximum absolute atomic E-state index is 8.30. The third-order valence-corrected chi connectivity index (χ3v) is 2.65. The number of nitrogens with zero attached hydrogens (tertiary/aromatic N) is 6. The topological polar surface area (TPSA) is 97.9 Å². The summed E-state index contributed by atoms with van der Waals surface area (Å²) in [4.78, 5) is 2.70. The van der Waals surface area contributed by atoms with E-state index in [1.54, 1.807) is 17.9 Å². The van der Waals surface area contributed by atoms with Gasteiger partial charge in [-0.1, -0.05) is 10.3 Å². The molecule has 2 rings (SSSR count). The van der Waals surface area contributed by atoms with Crippen molar-refractivity contribution in [3.05, 3.63) is 22.3 Å². The largest absolute Gasteiger partial charge is 0.382 e. The zero-order valence-electron chi connectivity index (χ0n) is 10.0. The van der Waals surface area contributed by atoms with Gasteiger partial charge in [-0.3, -0.25) is 4.68 Å². The minimum absolute atomic E-state index is 0.187. The smallest absolute Gasteiger partial charge is 0.109 e. The summed E-state index contributed by atoms with van der Waals surface area (Å²) in [6.07, 6.45) is 1.87. The number of hydrogen-bond acceptors (Lipinski definition) is 5. The number of aryl methyl sites for hydroxylation is 1. The lowest BCUT2D eigenvalue weighted by Gasteiger charge is -2.16. The van der Waals surface area contributed by atoms with Crippen LogP contribution in [0, 0.1) is 0 Å². The van der Waals surface area contributed by atoms with Crippen molar-refractivity contribution in [2.24, 2.45) is 12.2 Å². The lowest BCUT2D eigenvalue weighted by Crippen LogP contribution is -2.27. The number of azide groups is 1. The Balaban J connectivity index is 1.88. The molecule has 1 aromatic heterocycles. The van der Waals surface area contributed by atoms with Gasteiger partial charge in [0.1, 0.15) is 13.5 Å². The molecule has 1 aromatic rings. The maximum Gasteiger partial charge on any atom is 0.109 e. The Morgan fingerprint density at radius 2 is 2.61 bits per heavy atom. The molecule has 0 amide bonds. The van der Waals surface area contributed by atoms with Gasteiger partial charge in [-0.25, -0.2) is 0 Å². The first-order valence-electron chi connectivity index (χ1n) is 5.57. The Morgan fingerprint density at radius 3 is 3.28 bits per heavy atom. The van der Waals surface area contributed by atoms with E-state index in [1.807, 2.05) is 0 Å². The van der Waals surface area contributed by atoms with Crippen LogP contribution in [0.4, 0.5) is 0 Å². The Morgan fingerprint density at radius 1 is 1.78 bits per heavy atom. The van der Waals surface area contributed by atoms with Crippen LogP contribution in [0.15, 0.2) is 11.3 Å². The highest BCUT2D eigenvalue weighted by atomic mass is 16.6. The maximum atomic E-state index is 8.30. The van der Waals surface area contributed by atoms with Gasteiger partial charge in [0.25, 0.3) is 0 Å². The summed E-state index contributed by atoms with van der Waals surface area (Å²) in [6, 6.07) is -0.379. The minimum Gasteiger partial charge on any atom is -0.382 e. The predicted octanol–water partition coefficient (Wildman–Crippen LogP) is 0.294. The fourth-order valence-corrected chi connectivity index (χ4v) is 1.86. The van der Waals surface area contributed by atoms with E-state index in [-0.39, 0.29) is 24.8 Å². The van der Waals surface area contributed by atoms with Crippen molar-refractivity contribution in [3.8, 4) is 0 Å². The van der Waals surface area contributed by atoms with Crippen LogP contribution in [0.25, 0.3) is 10.4 Å². The van der Waals surface area contributed by atoms with E-state index in [0.29, 0.717) is 13.0 Å². The predicted molar refractivity (Wildman–Crippen MR) is 62.6 cm³/mol. The molecule has 1 fully saturated rings. The highest BCUT2D eigenvalue weighted by Gasteiger charge is 2.32. The van der Waals surface area contributed by atoms with Crippen LogP contribution in [-0.4, -0.2) is 47.6 Å². The third-order valence-electron chi connectivity index (χ3n) is 2.65. The Bertz CT molecular complexity index is 446. The summed E-state index contributed by atoms with van der Waals surface area (Å²) in [6.45, 7) is 0.552. The lowest BCUT2D eigenvalue weighted by atomic mass is 9.96. The molecule has 1 saturated heterocycles.